The Bertz CT molecular complexity index is 863. The minimum atomic E-state index is -0.900. The van der Waals surface area contributed by atoms with E-state index >= 15 is 0 Å². The van der Waals surface area contributed by atoms with Gasteiger partial charge < -0.3 is 46.6 Å². The number of amides is 3. The highest BCUT2D eigenvalue weighted by molar-refractivity contribution is 5.83. The first-order valence-corrected chi connectivity index (χ1v) is 14.5. The average molecular weight is 605 g/mol. The van der Waals surface area contributed by atoms with Gasteiger partial charge in [0.05, 0.1) is 46.8 Å². The zero-order chi connectivity index (χ0) is 30.5. The molecular weight excluding hydrogens is 552 g/mol. The third kappa shape index (κ3) is 13.5. The molecule has 0 aromatic heterocycles. The molecule has 2 N–H and O–H groups in total. The predicted molar refractivity (Wildman–Crippen MR) is 152 cm³/mol. The molecule has 3 atom stereocenters. The summed E-state index contributed by atoms with van der Waals surface area (Å²) in [6, 6.07) is -0.413. The molecule has 0 aliphatic carbocycles. The van der Waals surface area contributed by atoms with Crippen molar-refractivity contribution in [3.05, 3.63) is 0 Å². The van der Waals surface area contributed by atoms with Crippen LogP contribution >= 0.6 is 0 Å². The van der Waals surface area contributed by atoms with Gasteiger partial charge in [-0.1, -0.05) is 20.8 Å². The van der Waals surface area contributed by atoms with Crippen molar-refractivity contribution in [3.8, 4) is 0 Å². The van der Waals surface area contributed by atoms with Crippen LogP contribution in [0.1, 0.15) is 65.7 Å². The highest BCUT2D eigenvalue weighted by Gasteiger charge is 2.39. The SMILES string of the molecule is CCC(CC(CC(CC(C)(C)C(=O)NCCC[N+](C)(C)C)C(=O)OCCO)N1CCCC1=O)C(=O)N(C)CC=O.[Cl-]. The van der Waals surface area contributed by atoms with Crippen molar-refractivity contribution in [1.29, 1.82) is 0 Å². The molecule has 3 unspecified atom stereocenters. The van der Waals surface area contributed by atoms with Crippen molar-refractivity contribution in [1.82, 2.24) is 15.1 Å². The average Bonchev–Trinajstić information content (AvgIpc) is 3.31. The molecule has 1 saturated heterocycles. The van der Waals surface area contributed by atoms with E-state index in [9.17, 15) is 29.1 Å². The van der Waals surface area contributed by atoms with Gasteiger partial charge >= 0.3 is 5.97 Å². The van der Waals surface area contributed by atoms with E-state index in [-0.39, 0.29) is 62.7 Å². The van der Waals surface area contributed by atoms with Crippen LogP contribution in [-0.2, 0) is 28.7 Å². The quantitative estimate of drug-likeness (QED) is 0.0771. The molecule has 238 valence electrons. The molecule has 41 heavy (non-hydrogen) atoms. The summed E-state index contributed by atoms with van der Waals surface area (Å²) in [5, 5.41) is 12.2. The van der Waals surface area contributed by atoms with Gasteiger partial charge in [-0.15, -0.1) is 0 Å². The van der Waals surface area contributed by atoms with Gasteiger partial charge in [-0.3, -0.25) is 19.2 Å². The van der Waals surface area contributed by atoms with Gasteiger partial charge in [0.25, 0.3) is 0 Å². The number of nitrogens with zero attached hydrogens (tertiary/aromatic N) is 3. The molecule has 12 heteroatoms. The first-order valence-electron chi connectivity index (χ1n) is 14.5. The number of carbonyl (C=O) groups is 5. The Hall–Kier alpha value is -2.24. The Labute approximate surface area is 252 Å². The smallest absolute Gasteiger partial charge is 0.309 e. The van der Waals surface area contributed by atoms with Crippen LogP contribution in [0, 0.1) is 17.3 Å². The number of carbonyl (C=O) groups excluding carboxylic acids is 5. The van der Waals surface area contributed by atoms with Crippen LogP contribution in [0.5, 0.6) is 0 Å². The number of nitrogens with one attached hydrogen (secondary N) is 1. The van der Waals surface area contributed by atoms with Crippen molar-refractivity contribution in [2.24, 2.45) is 17.3 Å². The van der Waals surface area contributed by atoms with Gasteiger partial charge in [0.15, 0.2) is 0 Å². The summed E-state index contributed by atoms with van der Waals surface area (Å²) >= 11 is 0. The molecule has 1 rings (SSSR count). The minimum absolute atomic E-state index is 0. The van der Waals surface area contributed by atoms with Crippen molar-refractivity contribution >= 4 is 30.0 Å². The zero-order valence-electron chi connectivity index (χ0n) is 26.1. The molecule has 1 fully saturated rings. The maximum Gasteiger partial charge on any atom is 0.309 e. The van der Waals surface area contributed by atoms with Gasteiger partial charge in [-0.25, -0.2) is 0 Å². The lowest BCUT2D eigenvalue weighted by Crippen LogP contribution is -3.00. The number of hydrogen-bond donors (Lipinski definition) is 2. The molecule has 1 aliphatic heterocycles. The molecule has 1 aliphatic rings. The van der Waals surface area contributed by atoms with Crippen LogP contribution in [0.25, 0.3) is 0 Å². The van der Waals surface area contributed by atoms with E-state index in [4.69, 9.17) is 4.74 Å². The molecule has 0 aromatic carbocycles. The number of aliphatic hydroxyl groups is 1. The Morgan fingerprint density at radius 2 is 1.83 bits per heavy atom. The van der Waals surface area contributed by atoms with E-state index in [1.54, 1.807) is 25.8 Å². The van der Waals surface area contributed by atoms with Crippen molar-refractivity contribution < 1.29 is 50.7 Å². The zero-order valence-corrected chi connectivity index (χ0v) is 26.9. The van der Waals surface area contributed by atoms with Crippen LogP contribution in [0.3, 0.4) is 0 Å². The van der Waals surface area contributed by atoms with E-state index in [0.717, 1.165) is 17.4 Å². The monoisotopic (exact) mass is 604 g/mol. The summed E-state index contributed by atoms with van der Waals surface area (Å²) in [5.41, 5.74) is -0.900. The molecular formula is C29H53ClN4O7. The second-order valence-electron chi connectivity index (χ2n) is 12.6. The summed E-state index contributed by atoms with van der Waals surface area (Å²) in [6.45, 7) is 6.93. The third-order valence-electron chi connectivity index (χ3n) is 7.56. The van der Waals surface area contributed by atoms with Crippen molar-refractivity contribution in [2.45, 2.75) is 71.8 Å². The fraction of sp³-hybridized carbons (Fsp3) is 0.828. The summed E-state index contributed by atoms with van der Waals surface area (Å²) in [6.07, 6.45) is 3.88. The summed E-state index contributed by atoms with van der Waals surface area (Å²) < 4.78 is 6.11. The van der Waals surface area contributed by atoms with E-state index < -0.39 is 29.3 Å². The third-order valence-corrected chi connectivity index (χ3v) is 7.56. The molecule has 1 heterocycles. The number of hydrogen-bond acceptors (Lipinski definition) is 7. The molecule has 0 aromatic rings. The van der Waals surface area contributed by atoms with E-state index in [1.807, 2.05) is 6.92 Å². The van der Waals surface area contributed by atoms with Gasteiger partial charge in [-0.2, -0.15) is 0 Å². The number of rotatable bonds is 19. The maximum atomic E-state index is 13.2. The Morgan fingerprint density at radius 1 is 1.20 bits per heavy atom. The summed E-state index contributed by atoms with van der Waals surface area (Å²) in [4.78, 5) is 66.3. The van der Waals surface area contributed by atoms with Gasteiger partial charge in [0, 0.05) is 50.4 Å². The number of likely N-dealkylation sites (N-methyl/N-ethyl adjacent to an activating group) is 1. The van der Waals surface area contributed by atoms with Crippen LogP contribution in [-0.4, -0.2) is 123 Å². The van der Waals surface area contributed by atoms with E-state index in [2.05, 4.69) is 26.5 Å². The number of quaternary nitrogens is 1. The number of aliphatic hydroxyl groups excluding tert-OH is 1. The van der Waals surface area contributed by atoms with Crippen LogP contribution < -0.4 is 17.7 Å². The lowest BCUT2D eigenvalue weighted by Gasteiger charge is -2.35. The van der Waals surface area contributed by atoms with Crippen molar-refractivity contribution in [2.75, 3.05) is 67.6 Å². The largest absolute Gasteiger partial charge is 1.00 e. The number of esters is 1. The second kappa shape index (κ2) is 18.3. The number of likely N-dealkylation sites (tertiary alicyclic amines) is 1. The Morgan fingerprint density at radius 3 is 2.34 bits per heavy atom. The standard InChI is InChI=1S/C29H52N4O7.ClH/c1-8-22(26(37)31(4)14-16-34)19-24(32-13-9-11-25(32)36)20-23(27(38)40-18-17-35)21-29(2,3)28(39)30-12-10-15-33(5,6)7;/h16,22-24,35H,8-15,17-21H2,1-7H3;1H. The topological polar surface area (TPSA) is 133 Å². The molecule has 0 radical (unpaired) electrons. The Balaban J connectivity index is 0.0000160. The fourth-order valence-electron chi connectivity index (χ4n) is 5.25. The normalized spacial score (nSPS) is 15.9. The predicted octanol–water partition coefficient (Wildman–Crippen LogP) is -1.77. The Kier molecular flexibility index (Phi) is 17.3. The number of aldehydes is 1. The molecule has 3 amide bonds. The molecule has 0 spiro atoms. The van der Waals surface area contributed by atoms with Crippen LogP contribution in [0.2, 0.25) is 0 Å². The van der Waals surface area contributed by atoms with Gasteiger partial charge in [-0.05, 0) is 32.1 Å². The lowest BCUT2D eigenvalue weighted by molar-refractivity contribution is -0.870. The van der Waals surface area contributed by atoms with Gasteiger partial charge in [0.1, 0.15) is 12.9 Å². The number of ether oxygens (including phenoxy) is 1. The lowest BCUT2D eigenvalue weighted by atomic mass is 9.78. The molecule has 11 nitrogen and oxygen atoms in total. The van der Waals surface area contributed by atoms with Gasteiger partial charge in [0.2, 0.25) is 17.7 Å². The first kappa shape index (κ1) is 38.8. The number of halogens is 1. The maximum absolute atomic E-state index is 13.2. The first-order chi connectivity index (χ1) is 18.7. The van der Waals surface area contributed by atoms with Crippen LogP contribution in [0.15, 0.2) is 0 Å². The van der Waals surface area contributed by atoms with Crippen LogP contribution in [0.4, 0.5) is 0 Å². The highest BCUT2D eigenvalue weighted by atomic mass is 35.5. The second-order valence-corrected chi connectivity index (χ2v) is 12.6. The minimum Gasteiger partial charge on any atom is -1.00 e. The van der Waals surface area contributed by atoms with E-state index in [1.165, 1.54) is 4.90 Å². The fourth-order valence-corrected chi connectivity index (χ4v) is 5.25. The summed E-state index contributed by atoms with van der Waals surface area (Å²) in [5.74, 6) is -2.06. The summed E-state index contributed by atoms with van der Waals surface area (Å²) in [7, 11) is 7.85. The highest BCUT2D eigenvalue weighted by Crippen LogP contribution is 2.33. The van der Waals surface area contributed by atoms with Crippen molar-refractivity contribution in [3.63, 3.8) is 0 Å². The van der Waals surface area contributed by atoms with E-state index in [0.29, 0.717) is 45.1 Å². The molecule has 0 bridgehead atoms. The molecule has 0 saturated carbocycles.